The van der Waals surface area contributed by atoms with Crippen molar-refractivity contribution in [3.05, 3.63) is 89.5 Å². The number of amidine groups is 1. The second-order valence-electron chi connectivity index (χ2n) is 8.13. The van der Waals surface area contributed by atoms with Gasteiger partial charge in [0.1, 0.15) is 24.3 Å². The van der Waals surface area contributed by atoms with Gasteiger partial charge in [-0.1, -0.05) is 36.4 Å². The molecule has 0 amide bonds. The smallest absolute Gasteiger partial charge is 0.265 e. The lowest BCUT2D eigenvalue weighted by Crippen LogP contribution is -2.53. The van der Waals surface area contributed by atoms with Crippen molar-refractivity contribution in [2.24, 2.45) is 33.4 Å². The third-order valence-corrected chi connectivity index (χ3v) is 6.12. The normalized spacial score (nSPS) is 26.9. The van der Waals surface area contributed by atoms with Crippen LogP contribution in [0.15, 0.2) is 88.4 Å². The Morgan fingerprint density at radius 3 is 2.70 bits per heavy atom. The summed E-state index contributed by atoms with van der Waals surface area (Å²) >= 11 is 0. The molecule has 0 aromatic heterocycles. The Bertz CT molecular complexity index is 1070. The molecule has 4 N–H and O–H groups in total. The van der Waals surface area contributed by atoms with Crippen LogP contribution in [0.25, 0.3) is 0 Å². The van der Waals surface area contributed by atoms with Crippen LogP contribution >= 0.6 is 0 Å². The average Bonchev–Trinajstić information content (AvgIpc) is 3.05. The minimum absolute atomic E-state index is 0.0464. The monoisotopic (exact) mass is 400 g/mol. The van der Waals surface area contributed by atoms with Crippen LogP contribution in [-0.2, 0) is 6.61 Å². The lowest BCUT2D eigenvalue weighted by atomic mass is 9.73. The van der Waals surface area contributed by atoms with Crippen molar-refractivity contribution in [1.82, 2.24) is 0 Å². The van der Waals surface area contributed by atoms with Crippen LogP contribution in [0.3, 0.4) is 0 Å². The quantitative estimate of drug-likeness (QED) is 0.575. The van der Waals surface area contributed by atoms with Gasteiger partial charge in [-0.15, -0.1) is 4.59 Å². The Morgan fingerprint density at radius 1 is 1.07 bits per heavy atom. The lowest BCUT2D eigenvalue weighted by Gasteiger charge is -2.34. The fourth-order valence-corrected chi connectivity index (χ4v) is 4.32. The number of benzene rings is 2. The van der Waals surface area contributed by atoms with E-state index in [9.17, 15) is 0 Å². The van der Waals surface area contributed by atoms with E-state index in [-0.39, 0.29) is 4.59 Å². The Labute approximate surface area is 176 Å². The molecule has 1 saturated carbocycles. The summed E-state index contributed by atoms with van der Waals surface area (Å²) in [6.07, 6.45) is 7.59. The number of allylic oxidation sites excluding steroid dienone is 2. The van der Waals surface area contributed by atoms with E-state index in [0.29, 0.717) is 18.4 Å². The van der Waals surface area contributed by atoms with E-state index in [0.717, 1.165) is 53.5 Å². The first-order valence-corrected chi connectivity index (χ1v) is 10.4. The Morgan fingerprint density at radius 2 is 1.90 bits per heavy atom. The summed E-state index contributed by atoms with van der Waals surface area (Å²) < 4.78 is 6.07. The minimum Gasteiger partial charge on any atom is -0.489 e. The van der Waals surface area contributed by atoms with Gasteiger partial charge in [0.15, 0.2) is 0 Å². The molecule has 0 radical (unpaired) electrons. The molecule has 1 aliphatic carbocycles. The summed E-state index contributed by atoms with van der Waals surface area (Å²) in [5, 5.41) is 0. The summed E-state index contributed by atoms with van der Waals surface area (Å²) in [5.74, 6) is 9.39. The first kappa shape index (κ1) is 18.9. The standard InChI is InChI=1S/C24H26N5O/c25-14-18-11-20(12-18)23-22-15-27-9-10-29(22,26)24(28-23)19-7-4-8-21(13-19)30-16-17-5-2-1-3-6-17/h1-10,13,15,18,20H,11-12,14,16,25-26H2/q+1. The topological polar surface area (TPSA) is 86.0 Å². The molecule has 0 bridgehead atoms. The van der Waals surface area contributed by atoms with Gasteiger partial charge in [-0.3, -0.25) is 4.99 Å². The molecule has 152 valence electrons. The molecule has 30 heavy (non-hydrogen) atoms. The van der Waals surface area contributed by atoms with Crippen LogP contribution in [0.2, 0.25) is 0 Å². The van der Waals surface area contributed by atoms with Crippen molar-refractivity contribution >= 4 is 12.1 Å². The van der Waals surface area contributed by atoms with Crippen LogP contribution in [-0.4, -0.2) is 23.2 Å². The molecule has 6 heteroatoms. The molecule has 1 atom stereocenters. The fourth-order valence-electron chi connectivity index (χ4n) is 4.32. The molecule has 1 unspecified atom stereocenters. The summed E-state index contributed by atoms with van der Waals surface area (Å²) in [6.45, 7) is 1.25. The summed E-state index contributed by atoms with van der Waals surface area (Å²) in [4.78, 5) is 9.35. The Hall–Kier alpha value is -3.06. The van der Waals surface area contributed by atoms with E-state index in [2.05, 4.69) is 17.1 Å². The van der Waals surface area contributed by atoms with Gasteiger partial charge >= 0.3 is 0 Å². The SMILES string of the molecule is NCC1CC(C2=C3C=NC=C[N+]3(N)C(c3cccc(OCc4ccccc4)c3)=N2)C1. The largest absolute Gasteiger partial charge is 0.489 e. The zero-order chi connectivity index (χ0) is 20.6. The molecule has 3 aliphatic rings. The van der Waals surface area contributed by atoms with Crippen LogP contribution in [0.4, 0.5) is 0 Å². The van der Waals surface area contributed by atoms with Gasteiger partial charge in [-0.05, 0) is 49.1 Å². The number of quaternary nitrogens is 1. The minimum atomic E-state index is 0.0464. The molecule has 2 aromatic rings. The maximum Gasteiger partial charge on any atom is 0.265 e. The highest BCUT2D eigenvalue weighted by Gasteiger charge is 2.47. The van der Waals surface area contributed by atoms with E-state index >= 15 is 0 Å². The third kappa shape index (κ3) is 3.29. The molecule has 6 nitrogen and oxygen atoms in total. The number of nitrogens with zero attached hydrogens (tertiary/aromatic N) is 3. The van der Waals surface area contributed by atoms with E-state index in [4.69, 9.17) is 21.3 Å². The maximum absolute atomic E-state index is 6.84. The van der Waals surface area contributed by atoms with Gasteiger partial charge in [0.2, 0.25) is 5.70 Å². The highest BCUT2D eigenvalue weighted by atomic mass is 16.5. The van der Waals surface area contributed by atoms with Gasteiger partial charge in [-0.2, -0.15) is 10.8 Å². The van der Waals surface area contributed by atoms with Gasteiger partial charge < -0.3 is 10.5 Å². The van der Waals surface area contributed by atoms with Gasteiger partial charge in [-0.25, -0.2) is 0 Å². The molecular weight excluding hydrogens is 374 g/mol. The van der Waals surface area contributed by atoms with E-state index in [1.165, 1.54) is 0 Å². The summed E-state index contributed by atoms with van der Waals surface area (Å²) in [7, 11) is 0. The fraction of sp³-hybridized carbons (Fsp3) is 0.250. The molecular formula is C24H26N5O+. The van der Waals surface area contributed by atoms with Crippen LogP contribution in [0.1, 0.15) is 24.0 Å². The second kappa shape index (κ2) is 7.65. The first-order valence-electron chi connectivity index (χ1n) is 10.4. The van der Waals surface area contributed by atoms with Crippen molar-refractivity contribution in [2.75, 3.05) is 6.54 Å². The number of ether oxygens (including phenoxy) is 1. The van der Waals surface area contributed by atoms with Gasteiger partial charge in [0.05, 0.1) is 18.0 Å². The van der Waals surface area contributed by atoms with Crippen LogP contribution in [0.5, 0.6) is 5.75 Å². The van der Waals surface area contributed by atoms with Gasteiger partial charge in [0, 0.05) is 5.92 Å². The number of hydrogen-bond acceptors (Lipinski definition) is 5. The highest BCUT2D eigenvalue weighted by Crippen LogP contribution is 2.44. The second-order valence-corrected chi connectivity index (χ2v) is 8.13. The van der Waals surface area contributed by atoms with Gasteiger partial charge in [0.25, 0.3) is 5.84 Å². The van der Waals surface area contributed by atoms with E-state index in [1.54, 1.807) is 6.20 Å². The number of aliphatic imine (C=N–C) groups is 2. The predicted molar refractivity (Wildman–Crippen MR) is 118 cm³/mol. The Kier molecular flexibility index (Phi) is 4.83. The first-order chi connectivity index (χ1) is 14.7. The zero-order valence-corrected chi connectivity index (χ0v) is 16.8. The molecule has 2 aliphatic heterocycles. The van der Waals surface area contributed by atoms with Crippen molar-refractivity contribution < 1.29 is 9.33 Å². The summed E-state index contributed by atoms with van der Waals surface area (Å²) in [5.41, 5.74) is 9.89. The molecule has 0 saturated heterocycles. The maximum atomic E-state index is 6.84. The number of hydrogen-bond donors (Lipinski definition) is 2. The lowest BCUT2D eigenvalue weighted by molar-refractivity contribution is -0.750. The Balaban J connectivity index is 1.42. The molecule has 0 spiro atoms. The highest BCUT2D eigenvalue weighted by molar-refractivity contribution is 6.00. The van der Waals surface area contributed by atoms with Crippen LogP contribution < -0.4 is 16.3 Å². The predicted octanol–water partition coefficient (Wildman–Crippen LogP) is 3.47. The average molecular weight is 401 g/mol. The number of fused-ring (bicyclic) bond motifs is 1. The van der Waals surface area contributed by atoms with Crippen molar-refractivity contribution in [2.45, 2.75) is 19.4 Å². The van der Waals surface area contributed by atoms with E-state index < -0.39 is 0 Å². The van der Waals surface area contributed by atoms with Crippen LogP contribution in [0, 0.1) is 11.8 Å². The van der Waals surface area contributed by atoms with Crippen molar-refractivity contribution in [3.8, 4) is 5.75 Å². The molecule has 5 rings (SSSR count). The summed E-state index contributed by atoms with van der Waals surface area (Å²) in [6, 6.07) is 18.1. The molecule has 1 fully saturated rings. The van der Waals surface area contributed by atoms with E-state index in [1.807, 2.05) is 54.9 Å². The zero-order valence-electron chi connectivity index (χ0n) is 16.8. The molecule has 2 heterocycles. The van der Waals surface area contributed by atoms with Crippen molar-refractivity contribution in [3.63, 3.8) is 0 Å². The third-order valence-electron chi connectivity index (χ3n) is 6.12. The molecule has 2 aromatic carbocycles. The number of rotatable bonds is 6. The number of nitrogens with two attached hydrogens (primary N) is 2. The van der Waals surface area contributed by atoms with Crippen molar-refractivity contribution in [1.29, 1.82) is 0 Å².